The summed E-state index contributed by atoms with van der Waals surface area (Å²) in [5.41, 5.74) is 1.77. The van der Waals surface area contributed by atoms with Gasteiger partial charge in [0, 0.05) is 9.86 Å². The van der Waals surface area contributed by atoms with E-state index in [2.05, 4.69) is 22.0 Å². The normalized spacial score (nSPS) is 12.0. The lowest BCUT2D eigenvalue weighted by atomic mass is 9.92. The number of carbonyl (C=O) groups is 1. The minimum Gasteiger partial charge on any atom is -0.464 e. The van der Waals surface area contributed by atoms with E-state index >= 15 is 0 Å². The molecule has 3 aromatic rings. The molecular weight excluding hydrogens is 330 g/mol. The summed E-state index contributed by atoms with van der Waals surface area (Å²) in [5.74, 6) is -1.08. The molecule has 2 aromatic carbocycles. The third-order valence-corrected chi connectivity index (χ3v) is 3.87. The largest absolute Gasteiger partial charge is 0.464 e. The van der Waals surface area contributed by atoms with E-state index in [1.807, 2.05) is 30.3 Å². The number of benzene rings is 2. The van der Waals surface area contributed by atoms with Crippen LogP contribution in [0.15, 0.2) is 63.7 Å². The van der Waals surface area contributed by atoms with Gasteiger partial charge in [0.15, 0.2) is 5.78 Å². The molecule has 0 saturated heterocycles. The number of hydrogen-bond acceptors (Lipinski definition) is 3. The van der Waals surface area contributed by atoms with Gasteiger partial charge in [-0.15, -0.1) is 0 Å². The van der Waals surface area contributed by atoms with Gasteiger partial charge in [0.2, 0.25) is 0 Å². The second-order valence-electron chi connectivity index (χ2n) is 4.62. The van der Waals surface area contributed by atoms with Crippen molar-refractivity contribution in [3.8, 4) is 6.07 Å². The van der Waals surface area contributed by atoms with Gasteiger partial charge < -0.3 is 4.42 Å². The first kappa shape index (κ1) is 13.6. The zero-order valence-electron chi connectivity index (χ0n) is 10.9. The fraction of sp³-hybridized carbons (Fsp3) is 0.0588. The minimum absolute atomic E-state index is 0.246. The summed E-state index contributed by atoms with van der Waals surface area (Å²) >= 11 is 3.34. The third-order valence-electron chi connectivity index (χ3n) is 3.34. The smallest absolute Gasteiger partial charge is 0.188 e. The van der Waals surface area contributed by atoms with Gasteiger partial charge in [0.05, 0.1) is 11.6 Å². The summed E-state index contributed by atoms with van der Waals surface area (Å²) in [5, 5.41) is 10.1. The predicted molar refractivity (Wildman–Crippen MR) is 83.0 cm³/mol. The van der Waals surface area contributed by atoms with Crippen molar-refractivity contribution in [2.45, 2.75) is 5.92 Å². The molecule has 0 spiro atoms. The molecule has 3 nitrogen and oxygen atoms in total. The number of furan rings is 1. The predicted octanol–water partition coefficient (Wildman–Crippen LogP) is 4.69. The Morgan fingerprint density at radius 1 is 1.14 bits per heavy atom. The first-order valence-corrected chi connectivity index (χ1v) is 7.15. The molecule has 3 rings (SSSR count). The number of ketones is 1. The van der Waals surface area contributed by atoms with Gasteiger partial charge in [0.1, 0.15) is 17.8 Å². The third kappa shape index (κ3) is 2.48. The van der Waals surface area contributed by atoms with Crippen LogP contribution in [0.2, 0.25) is 0 Å². The van der Waals surface area contributed by atoms with Crippen molar-refractivity contribution in [2.75, 3.05) is 0 Å². The van der Waals surface area contributed by atoms with E-state index in [4.69, 9.17) is 4.42 Å². The van der Waals surface area contributed by atoms with Gasteiger partial charge in [-0.2, -0.15) is 5.26 Å². The number of rotatable bonds is 3. The van der Waals surface area contributed by atoms with Crippen molar-refractivity contribution in [1.82, 2.24) is 0 Å². The zero-order valence-corrected chi connectivity index (χ0v) is 12.5. The molecule has 1 atom stereocenters. The summed E-state index contributed by atoms with van der Waals surface area (Å²) in [7, 11) is 0. The van der Waals surface area contributed by atoms with E-state index in [1.165, 1.54) is 6.26 Å². The van der Waals surface area contributed by atoms with Crippen molar-refractivity contribution in [2.24, 2.45) is 0 Å². The van der Waals surface area contributed by atoms with Crippen LogP contribution < -0.4 is 0 Å². The second-order valence-corrected chi connectivity index (χ2v) is 5.54. The number of nitriles is 1. The molecule has 0 amide bonds. The molecule has 0 N–H and O–H groups in total. The Balaban J connectivity index is 2.03. The molecule has 0 bridgehead atoms. The topological polar surface area (TPSA) is 54.0 Å². The Morgan fingerprint density at radius 2 is 1.86 bits per heavy atom. The molecule has 0 aliphatic rings. The van der Waals surface area contributed by atoms with Crippen LogP contribution in [0, 0.1) is 11.3 Å². The SMILES string of the molecule is N#CC(C(=O)c1coc2ccccc12)c1ccc(Br)cc1. The van der Waals surface area contributed by atoms with E-state index in [-0.39, 0.29) is 5.78 Å². The lowest BCUT2D eigenvalue weighted by molar-refractivity contribution is 0.0979. The molecule has 0 saturated carbocycles. The summed E-state index contributed by atoms with van der Waals surface area (Å²) in [6, 6.07) is 16.6. The average molecular weight is 340 g/mol. The van der Waals surface area contributed by atoms with E-state index in [1.54, 1.807) is 18.2 Å². The molecule has 0 aliphatic heterocycles. The van der Waals surface area contributed by atoms with E-state index in [0.717, 1.165) is 9.86 Å². The first-order valence-electron chi connectivity index (χ1n) is 6.36. The molecule has 0 aliphatic carbocycles. The number of Topliss-reactive ketones (excluding diaryl/α,β-unsaturated/α-hetero) is 1. The van der Waals surface area contributed by atoms with Gasteiger partial charge in [-0.25, -0.2) is 0 Å². The molecular formula is C17H10BrNO2. The first-order chi connectivity index (χ1) is 10.2. The number of hydrogen-bond donors (Lipinski definition) is 0. The maximum absolute atomic E-state index is 12.6. The fourth-order valence-electron chi connectivity index (χ4n) is 2.26. The number of para-hydroxylation sites is 1. The maximum Gasteiger partial charge on any atom is 0.188 e. The quantitative estimate of drug-likeness (QED) is 0.650. The Labute approximate surface area is 129 Å². The van der Waals surface area contributed by atoms with E-state index in [0.29, 0.717) is 16.7 Å². The van der Waals surface area contributed by atoms with Gasteiger partial charge in [-0.3, -0.25) is 4.79 Å². The van der Waals surface area contributed by atoms with Crippen LogP contribution in [-0.2, 0) is 0 Å². The van der Waals surface area contributed by atoms with Crippen molar-refractivity contribution in [3.05, 3.63) is 70.4 Å². The number of fused-ring (bicyclic) bond motifs is 1. The minimum atomic E-state index is -0.834. The number of nitrogens with zero attached hydrogens (tertiary/aromatic N) is 1. The summed E-state index contributed by atoms with van der Waals surface area (Å²) < 4.78 is 6.29. The Bertz CT molecular complexity index is 843. The molecule has 0 fully saturated rings. The van der Waals surface area contributed by atoms with Gasteiger partial charge in [-0.1, -0.05) is 46.3 Å². The van der Waals surface area contributed by atoms with Crippen LogP contribution in [0.1, 0.15) is 21.8 Å². The summed E-state index contributed by atoms with van der Waals surface area (Å²) in [6.07, 6.45) is 1.43. The van der Waals surface area contributed by atoms with Crippen molar-refractivity contribution in [1.29, 1.82) is 5.26 Å². The van der Waals surface area contributed by atoms with Crippen molar-refractivity contribution < 1.29 is 9.21 Å². The fourth-order valence-corrected chi connectivity index (χ4v) is 2.53. The average Bonchev–Trinajstić information content (AvgIpc) is 2.94. The van der Waals surface area contributed by atoms with Crippen LogP contribution >= 0.6 is 15.9 Å². The van der Waals surface area contributed by atoms with Gasteiger partial charge >= 0.3 is 0 Å². The number of halogens is 1. The lowest BCUT2D eigenvalue weighted by Crippen LogP contribution is -2.10. The highest BCUT2D eigenvalue weighted by atomic mass is 79.9. The van der Waals surface area contributed by atoms with Crippen LogP contribution in [0.25, 0.3) is 11.0 Å². The van der Waals surface area contributed by atoms with Crippen molar-refractivity contribution >= 4 is 32.7 Å². The standard InChI is InChI=1S/C17H10BrNO2/c18-12-7-5-11(6-8-12)14(9-19)17(20)15-10-21-16-4-2-1-3-13(15)16/h1-8,10,14H. The van der Waals surface area contributed by atoms with Crippen LogP contribution in [-0.4, -0.2) is 5.78 Å². The molecule has 1 heterocycles. The van der Waals surface area contributed by atoms with E-state index in [9.17, 15) is 10.1 Å². The van der Waals surface area contributed by atoms with Gasteiger partial charge in [0.25, 0.3) is 0 Å². The highest BCUT2D eigenvalue weighted by molar-refractivity contribution is 9.10. The zero-order chi connectivity index (χ0) is 14.8. The second kappa shape index (κ2) is 5.55. The highest BCUT2D eigenvalue weighted by Crippen LogP contribution is 2.27. The molecule has 1 aromatic heterocycles. The van der Waals surface area contributed by atoms with Gasteiger partial charge in [-0.05, 0) is 23.8 Å². The molecule has 102 valence electrons. The summed E-state index contributed by atoms with van der Waals surface area (Å²) in [4.78, 5) is 12.6. The Hall–Kier alpha value is -2.38. The Morgan fingerprint density at radius 3 is 2.57 bits per heavy atom. The monoisotopic (exact) mass is 339 g/mol. The van der Waals surface area contributed by atoms with Crippen LogP contribution in [0.5, 0.6) is 0 Å². The van der Waals surface area contributed by atoms with Crippen LogP contribution in [0.4, 0.5) is 0 Å². The Kier molecular flexibility index (Phi) is 3.59. The van der Waals surface area contributed by atoms with E-state index < -0.39 is 5.92 Å². The van der Waals surface area contributed by atoms with Crippen molar-refractivity contribution in [3.63, 3.8) is 0 Å². The molecule has 0 radical (unpaired) electrons. The lowest BCUT2D eigenvalue weighted by Gasteiger charge is -2.07. The summed E-state index contributed by atoms with van der Waals surface area (Å²) in [6.45, 7) is 0. The molecule has 1 unspecified atom stereocenters. The maximum atomic E-state index is 12.6. The molecule has 21 heavy (non-hydrogen) atoms. The molecule has 4 heteroatoms. The highest BCUT2D eigenvalue weighted by Gasteiger charge is 2.24. The number of carbonyl (C=O) groups excluding carboxylic acids is 1. The van der Waals surface area contributed by atoms with Crippen LogP contribution in [0.3, 0.4) is 0 Å².